The summed E-state index contributed by atoms with van der Waals surface area (Å²) in [6.45, 7) is 0. The van der Waals surface area contributed by atoms with Gasteiger partial charge in [0.15, 0.2) is 0 Å². The summed E-state index contributed by atoms with van der Waals surface area (Å²) in [5, 5.41) is 4.95. The Morgan fingerprint density at radius 3 is 2.76 bits per heavy atom. The molecular weight excluding hydrogens is 236 g/mol. The maximum absolute atomic E-state index is 11.5. The van der Waals surface area contributed by atoms with E-state index in [1.165, 1.54) is 18.4 Å². The topological polar surface area (TPSA) is 64.3 Å². The number of nitrogens with two attached hydrogens (primary N) is 1. The molecule has 0 saturated heterocycles. The number of rotatable bonds is 3. The SMILES string of the molecule is COC(=O)c1sccc1Nc1ccccc1N. The number of nitrogen functional groups attached to an aromatic ring is 1. The minimum Gasteiger partial charge on any atom is -0.465 e. The fourth-order valence-electron chi connectivity index (χ4n) is 1.41. The lowest BCUT2D eigenvalue weighted by atomic mass is 10.2. The standard InChI is InChI=1S/C12H12N2O2S/c1-16-12(15)11-10(6-7-17-11)14-9-5-3-2-4-8(9)13/h2-7,14H,13H2,1H3. The van der Waals surface area contributed by atoms with E-state index in [1.807, 2.05) is 29.6 Å². The molecule has 0 aliphatic heterocycles. The summed E-state index contributed by atoms with van der Waals surface area (Å²) < 4.78 is 4.70. The molecule has 17 heavy (non-hydrogen) atoms. The van der Waals surface area contributed by atoms with Crippen molar-refractivity contribution in [3.05, 3.63) is 40.6 Å². The first kappa shape index (κ1) is 11.5. The Bertz CT molecular complexity index is 537. The number of esters is 1. The highest BCUT2D eigenvalue weighted by Gasteiger charge is 2.13. The van der Waals surface area contributed by atoms with E-state index in [-0.39, 0.29) is 5.97 Å². The van der Waals surface area contributed by atoms with Crippen molar-refractivity contribution in [3.8, 4) is 0 Å². The van der Waals surface area contributed by atoms with Crippen molar-refractivity contribution < 1.29 is 9.53 Å². The molecule has 0 radical (unpaired) electrons. The molecule has 0 atom stereocenters. The number of methoxy groups -OCH3 is 1. The van der Waals surface area contributed by atoms with Crippen molar-refractivity contribution in [2.75, 3.05) is 18.2 Å². The van der Waals surface area contributed by atoms with Gasteiger partial charge in [-0.25, -0.2) is 4.79 Å². The number of carbonyl (C=O) groups excluding carboxylic acids is 1. The molecule has 2 aromatic rings. The fraction of sp³-hybridized carbons (Fsp3) is 0.0833. The van der Waals surface area contributed by atoms with Gasteiger partial charge in [0.05, 0.1) is 24.2 Å². The van der Waals surface area contributed by atoms with Crippen LogP contribution in [0, 0.1) is 0 Å². The van der Waals surface area contributed by atoms with E-state index >= 15 is 0 Å². The lowest BCUT2D eigenvalue weighted by Crippen LogP contribution is -2.03. The number of carbonyl (C=O) groups is 1. The van der Waals surface area contributed by atoms with E-state index in [0.29, 0.717) is 16.3 Å². The van der Waals surface area contributed by atoms with E-state index in [9.17, 15) is 4.79 Å². The summed E-state index contributed by atoms with van der Waals surface area (Å²) in [4.78, 5) is 12.0. The van der Waals surface area contributed by atoms with E-state index in [1.54, 1.807) is 6.07 Å². The van der Waals surface area contributed by atoms with Gasteiger partial charge >= 0.3 is 5.97 Å². The van der Waals surface area contributed by atoms with Crippen molar-refractivity contribution in [3.63, 3.8) is 0 Å². The Morgan fingerprint density at radius 2 is 2.06 bits per heavy atom. The zero-order valence-electron chi connectivity index (χ0n) is 9.27. The normalized spacial score (nSPS) is 9.94. The van der Waals surface area contributed by atoms with Crippen LogP contribution in [0.1, 0.15) is 9.67 Å². The number of thiophene rings is 1. The third-order valence-corrected chi connectivity index (χ3v) is 3.16. The average Bonchev–Trinajstić information content (AvgIpc) is 2.79. The molecule has 4 nitrogen and oxygen atoms in total. The van der Waals surface area contributed by atoms with Gasteiger partial charge in [0, 0.05) is 0 Å². The van der Waals surface area contributed by atoms with Crippen LogP contribution in [0.4, 0.5) is 17.1 Å². The molecular formula is C12H12N2O2S. The molecule has 0 fully saturated rings. The molecule has 1 heterocycles. The molecule has 1 aromatic heterocycles. The van der Waals surface area contributed by atoms with Crippen molar-refractivity contribution >= 4 is 34.4 Å². The number of anilines is 3. The molecule has 0 spiro atoms. The Morgan fingerprint density at radius 1 is 1.29 bits per heavy atom. The first-order valence-electron chi connectivity index (χ1n) is 4.99. The summed E-state index contributed by atoms with van der Waals surface area (Å²) in [5.41, 5.74) is 7.94. The van der Waals surface area contributed by atoms with Crippen molar-refractivity contribution in [1.82, 2.24) is 0 Å². The van der Waals surface area contributed by atoms with Gasteiger partial charge < -0.3 is 15.8 Å². The molecule has 0 aliphatic rings. The van der Waals surface area contributed by atoms with Crippen molar-refractivity contribution in [2.24, 2.45) is 0 Å². The van der Waals surface area contributed by atoms with Crippen LogP contribution in [0.3, 0.4) is 0 Å². The van der Waals surface area contributed by atoms with Crippen molar-refractivity contribution in [1.29, 1.82) is 0 Å². The largest absolute Gasteiger partial charge is 0.465 e. The number of benzene rings is 1. The molecule has 0 saturated carbocycles. The molecule has 0 aliphatic carbocycles. The van der Waals surface area contributed by atoms with Crippen molar-refractivity contribution in [2.45, 2.75) is 0 Å². The van der Waals surface area contributed by atoms with Gasteiger partial charge in [0.1, 0.15) is 4.88 Å². The molecule has 2 rings (SSSR count). The average molecular weight is 248 g/mol. The Labute approximate surface area is 103 Å². The lowest BCUT2D eigenvalue weighted by Gasteiger charge is -2.08. The summed E-state index contributed by atoms with van der Waals surface area (Å²) in [7, 11) is 1.36. The van der Waals surface area contributed by atoms with E-state index in [4.69, 9.17) is 10.5 Å². The van der Waals surface area contributed by atoms with Crippen LogP contribution < -0.4 is 11.1 Å². The Kier molecular flexibility index (Phi) is 3.30. The second kappa shape index (κ2) is 4.88. The van der Waals surface area contributed by atoms with Gasteiger partial charge in [0.25, 0.3) is 0 Å². The van der Waals surface area contributed by atoms with Gasteiger partial charge in [-0.05, 0) is 23.6 Å². The van der Waals surface area contributed by atoms with Crippen LogP contribution >= 0.6 is 11.3 Å². The van der Waals surface area contributed by atoms with Crippen LogP contribution in [0.25, 0.3) is 0 Å². The first-order chi connectivity index (χ1) is 8.22. The van der Waals surface area contributed by atoms with Gasteiger partial charge in [0.2, 0.25) is 0 Å². The number of nitrogens with one attached hydrogen (secondary N) is 1. The van der Waals surface area contributed by atoms with Gasteiger partial charge in [-0.1, -0.05) is 12.1 Å². The molecule has 3 N–H and O–H groups in total. The number of ether oxygens (including phenoxy) is 1. The summed E-state index contributed by atoms with van der Waals surface area (Å²) in [5.74, 6) is -0.350. The second-order valence-electron chi connectivity index (χ2n) is 3.37. The Balaban J connectivity index is 2.28. The smallest absolute Gasteiger partial charge is 0.350 e. The first-order valence-corrected chi connectivity index (χ1v) is 5.87. The summed E-state index contributed by atoms with van der Waals surface area (Å²) in [6.07, 6.45) is 0. The van der Waals surface area contributed by atoms with Gasteiger partial charge in [-0.3, -0.25) is 0 Å². The molecule has 88 valence electrons. The minimum atomic E-state index is -0.350. The summed E-state index contributed by atoms with van der Waals surface area (Å²) >= 11 is 1.33. The number of para-hydroxylation sites is 2. The zero-order valence-corrected chi connectivity index (χ0v) is 10.1. The quantitative estimate of drug-likeness (QED) is 0.647. The third-order valence-electron chi connectivity index (χ3n) is 2.27. The van der Waals surface area contributed by atoms with Crippen LogP contribution in [0.2, 0.25) is 0 Å². The predicted molar refractivity (Wildman–Crippen MR) is 69.8 cm³/mol. The highest BCUT2D eigenvalue weighted by Crippen LogP contribution is 2.28. The van der Waals surface area contributed by atoms with E-state index in [2.05, 4.69) is 5.32 Å². The van der Waals surface area contributed by atoms with E-state index in [0.717, 1.165) is 5.69 Å². The van der Waals surface area contributed by atoms with E-state index < -0.39 is 0 Å². The minimum absolute atomic E-state index is 0.350. The highest BCUT2D eigenvalue weighted by atomic mass is 32.1. The molecule has 0 bridgehead atoms. The number of hydrogen-bond donors (Lipinski definition) is 2. The van der Waals surface area contributed by atoms with Crippen LogP contribution in [-0.4, -0.2) is 13.1 Å². The van der Waals surface area contributed by atoms with Gasteiger partial charge in [-0.2, -0.15) is 0 Å². The highest BCUT2D eigenvalue weighted by molar-refractivity contribution is 7.12. The monoisotopic (exact) mass is 248 g/mol. The maximum Gasteiger partial charge on any atom is 0.350 e. The molecule has 5 heteroatoms. The zero-order chi connectivity index (χ0) is 12.3. The molecule has 1 aromatic carbocycles. The van der Waals surface area contributed by atoms with Crippen LogP contribution in [0.15, 0.2) is 35.7 Å². The summed E-state index contributed by atoms with van der Waals surface area (Å²) in [6, 6.07) is 9.21. The fourth-order valence-corrected chi connectivity index (χ4v) is 2.18. The molecule has 0 unspecified atom stereocenters. The Hall–Kier alpha value is -2.01. The second-order valence-corrected chi connectivity index (χ2v) is 4.28. The predicted octanol–water partition coefficient (Wildman–Crippen LogP) is 2.86. The van der Waals surface area contributed by atoms with Crippen LogP contribution in [-0.2, 0) is 4.74 Å². The van der Waals surface area contributed by atoms with Crippen LogP contribution in [0.5, 0.6) is 0 Å². The molecule has 0 amide bonds. The number of hydrogen-bond acceptors (Lipinski definition) is 5. The lowest BCUT2D eigenvalue weighted by molar-refractivity contribution is 0.0607. The third kappa shape index (κ3) is 2.39. The maximum atomic E-state index is 11.5. The van der Waals surface area contributed by atoms with Gasteiger partial charge in [-0.15, -0.1) is 11.3 Å².